The molecule has 0 unspecified atom stereocenters. The lowest BCUT2D eigenvalue weighted by molar-refractivity contribution is 0.00578. The van der Waals surface area contributed by atoms with E-state index in [-0.39, 0.29) is 18.7 Å². The van der Waals surface area contributed by atoms with Crippen LogP contribution >= 0.6 is 0 Å². The molecular formula is C23H26BF2NO5. The summed E-state index contributed by atoms with van der Waals surface area (Å²) in [5, 5.41) is 12.3. The van der Waals surface area contributed by atoms with E-state index in [0.29, 0.717) is 5.47 Å². The van der Waals surface area contributed by atoms with Crippen LogP contribution in [0.5, 0.6) is 5.75 Å². The second-order valence-corrected chi connectivity index (χ2v) is 8.56. The van der Waals surface area contributed by atoms with E-state index < -0.39 is 41.8 Å². The Kier molecular flexibility index (Phi) is 6.90. The Balaban J connectivity index is 1.77. The zero-order valence-electron chi connectivity index (χ0n) is 18.4. The van der Waals surface area contributed by atoms with Crippen LogP contribution in [0, 0.1) is 11.6 Å². The number of aromatic hydroxyl groups is 1. The summed E-state index contributed by atoms with van der Waals surface area (Å²) >= 11 is 0. The second-order valence-electron chi connectivity index (χ2n) is 8.56. The average molecular weight is 445 g/mol. The molecule has 0 aromatic heterocycles. The zero-order chi connectivity index (χ0) is 23.5. The standard InChI is InChI=1S/C23H26BF2NO5/c1-22(2)23(3,4)32-24(31-22)17(10-16-11-18(25)20(26)19(28)12-16)13-27-21(29)30-14-15-8-6-5-7-9-15/h5-12,28H,13-14H2,1-4H3,(H,27,29). The minimum atomic E-state index is -1.33. The molecule has 2 aromatic rings. The number of ether oxygens (including phenoxy) is 1. The highest BCUT2D eigenvalue weighted by Gasteiger charge is 2.52. The normalized spacial score (nSPS) is 17.3. The lowest BCUT2D eigenvalue weighted by Crippen LogP contribution is -2.41. The number of phenols is 1. The van der Waals surface area contributed by atoms with E-state index >= 15 is 0 Å². The van der Waals surface area contributed by atoms with E-state index in [2.05, 4.69) is 5.32 Å². The molecule has 0 radical (unpaired) electrons. The van der Waals surface area contributed by atoms with Crippen LogP contribution in [0.2, 0.25) is 0 Å². The molecule has 32 heavy (non-hydrogen) atoms. The predicted molar refractivity (Wildman–Crippen MR) is 117 cm³/mol. The van der Waals surface area contributed by atoms with Crippen molar-refractivity contribution >= 4 is 19.3 Å². The van der Waals surface area contributed by atoms with Gasteiger partial charge < -0.3 is 24.5 Å². The van der Waals surface area contributed by atoms with Gasteiger partial charge in [-0.3, -0.25) is 0 Å². The molecule has 1 heterocycles. The molecule has 0 bridgehead atoms. The summed E-state index contributed by atoms with van der Waals surface area (Å²) in [4.78, 5) is 12.2. The fourth-order valence-electron chi connectivity index (χ4n) is 3.04. The Bertz CT molecular complexity index is 972. The van der Waals surface area contributed by atoms with Crippen LogP contribution in [0.3, 0.4) is 0 Å². The molecule has 0 spiro atoms. The van der Waals surface area contributed by atoms with Crippen LogP contribution in [0.15, 0.2) is 47.9 Å². The summed E-state index contributed by atoms with van der Waals surface area (Å²) < 4.78 is 44.5. The summed E-state index contributed by atoms with van der Waals surface area (Å²) in [6.45, 7) is 7.54. The van der Waals surface area contributed by atoms with E-state index in [9.17, 15) is 18.7 Å². The molecule has 9 heteroatoms. The summed E-state index contributed by atoms with van der Waals surface area (Å²) in [6.07, 6.45) is 0.811. The van der Waals surface area contributed by atoms with Crippen molar-refractivity contribution in [1.29, 1.82) is 0 Å². The van der Waals surface area contributed by atoms with Gasteiger partial charge >= 0.3 is 13.2 Å². The van der Waals surface area contributed by atoms with E-state index in [0.717, 1.165) is 17.7 Å². The van der Waals surface area contributed by atoms with Gasteiger partial charge in [-0.1, -0.05) is 36.4 Å². The SMILES string of the molecule is CC1(C)OB(C(=Cc2cc(O)c(F)c(F)c2)CNC(=O)OCc2ccccc2)OC1(C)C. The van der Waals surface area contributed by atoms with Gasteiger partial charge in [-0.15, -0.1) is 0 Å². The highest BCUT2D eigenvalue weighted by atomic mass is 19.2. The molecule has 170 valence electrons. The third-order valence-corrected chi connectivity index (χ3v) is 5.59. The predicted octanol–water partition coefficient (Wildman–Crippen LogP) is 4.61. The topological polar surface area (TPSA) is 77.0 Å². The van der Waals surface area contributed by atoms with Crippen molar-refractivity contribution in [3.8, 4) is 5.75 Å². The molecule has 1 saturated heterocycles. The molecule has 1 amide bonds. The number of benzene rings is 2. The fraction of sp³-hybridized carbons (Fsp3) is 0.348. The van der Waals surface area contributed by atoms with Gasteiger partial charge in [-0.05, 0) is 56.4 Å². The maximum Gasteiger partial charge on any atom is 0.492 e. The Hall–Kier alpha value is -2.91. The first kappa shape index (κ1) is 23.8. The zero-order valence-corrected chi connectivity index (χ0v) is 18.4. The van der Waals surface area contributed by atoms with Gasteiger partial charge in [-0.25, -0.2) is 9.18 Å². The third-order valence-electron chi connectivity index (χ3n) is 5.59. The highest BCUT2D eigenvalue weighted by molar-refractivity contribution is 6.56. The number of carbonyl (C=O) groups is 1. The van der Waals surface area contributed by atoms with Gasteiger partial charge in [0.1, 0.15) is 6.61 Å². The number of halogens is 2. The summed E-state index contributed by atoms with van der Waals surface area (Å²) in [5.41, 5.74) is 0.152. The number of hydrogen-bond acceptors (Lipinski definition) is 5. The van der Waals surface area contributed by atoms with Gasteiger partial charge in [0.05, 0.1) is 11.2 Å². The number of carbonyl (C=O) groups excluding carboxylic acids is 1. The molecular weight excluding hydrogens is 419 g/mol. The monoisotopic (exact) mass is 445 g/mol. The minimum absolute atomic E-state index is 0.0375. The molecule has 0 aliphatic carbocycles. The smallest absolute Gasteiger partial charge is 0.492 e. The van der Waals surface area contributed by atoms with Crippen LogP contribution in [0.4, 0.5) is 13.6 Å². The van der Waals surface area contributed by atoms with Crippen molar-refractivity contribution in [1.82, 2.24) is 5.32 Å². The first-order chi connectivity index (χ1) is 15.0. The molecule has 0 atom stereocenters. The number of rotatable bonds is 6. The van der Waals surface area contributed by atoms with Crippen LogP contribution < -0.4 is 5.32 Å². The van der Waals surface area contributed by atoms with E-state index in [4.69, 9.17) is 14.0 Å². The molecule has 1 aliphatic heterocycles. The molecule has 6 nitrogen and oxygen atoms in total. The Morgan fingerprint density at radius 1 is 1.12 bits per heavy atom. The van der Waals surface area contributed by atoms with Gasteiger partial charge in [0, 0.05) is 6.54 Å². The molecule has 2 N–H and O–H groups in total. The van der Waals surface area contributed by atoms with Crippen molar-refractivity contribution in [2.24, 2.45) is 0 Å². The fourth-order valence-corrected chi connectivity index (χ4v) is 3.04. The van der Waals surface area contributed by atoms with Gasteiger partial charge in [0.2, 0.25) is 0 Å². The molecule has 2 aromatic carbocycles. The number of nitrogens with one attached hydrogen (secondary N) is 1. The van der Waals surface area contributed by atoms with Crippen molar-refractivity contribution < 1.29 is 32.7 Å². The van der Waals surface area contributed by atoms with E-state index in [1.54, 1.807) is 0 Å². The molecule has 3 rings (SSSR count). The number of alkyl carbamates (subject to hydrolysis) is 1. The van der Waals surface area contributed by atoms with Gasteiger partial charge in [-0.2, -0.15) is 4.39 Å². The Morgan fingerprint density at radius 2 is 1.75 bits per heavy atom. The van der Waals surface area contributed by atoms with Crippen LogP contribution in [0.25, 0.3) is 6.08 Å². The van der Waals surface area contributed by atoms with Crippen molar-refractivity contribution in [2.45, 2.75) is 45.5 Å². The van der Waals surface area contributed by atoms with Crippen LogP contribution in [-0.2, 0) is 20.7 Å². The first-order valence-corrected chi connectivity index (χ1v) is 10.2. The van der Waals surface area contributed by atoms with Crippen LogP contribution in [0.1, 0.15) is 38.8 Å². The maximum atomic E-state index is 13.8. The van der Waals surface area contributed by atoms with Gasteiger partial charge in [0.15, 0.2) is 17.4 Å². The lowest BCUT2D eigenvalue weighted by Gasteiger charge is -2.32. The molecule has 1 aliphatic rings. The lowest BCUT2D eigenvalue weighted by atomic mass is 9.77. The van der Waals surface area contributed by atoms with E-state index in [1.165, 1.54) is 6.08 Å². The number of phenolic OH excluding ortho intramolecular Hbond substituents is 1. The Labute approximate surface area is 186 Å². The summed E-state index contributed by atoms with van der Waals surface area (Å²) in [7, 11) is -0.857. The number of hydrogen-bond donors (Lipinski definition) is 2. The second kappa shape index (κ2) is 9.30. The van der Waals surface area contributed by atoms with E-state index in [1.807, 2.05) is 58.0 Å². The minimum Gasteiger partial charge on any atom is -0.505 e. The average Bonchev–Trinajstić information content (AvgIpc) is 2.95. The Morgan fingerprint density at radius 3 is 2.34 bits per heavy atom. The highest BCUT2D eigenvalue weighted by Crippen LogP contribution is 2.39. The molecule has 0 saturated carbocycles. The quantitative estimate of drug-likeness (QED) is 0.636. The summed E-state index contributed by atoms with van der Waals surface area (Å²) in [6, 6.07) is 11.2. The first-order valence-electron chi connectivity index (χ1n) is 10.2. The van der Waals surface area contributed by atoms with Crippen molar-refractivity contribution in [3.63, 3.8) is 0 Å². The van der Waals surface area contributed by atoms with Crippen molar-refractivity contribution in [3.05, 3.63) is 70.7 Å². The van der Waals surface area contributed by atoms with Crippen molar-refractivity contribution in [2.75, 3.05) is 6.54 Å². The summed E-state index contributed by atoms with van der Waals surface area (Å²) in [5.74, 6) is -3.35. The maximum absolute atomic E-state index is 13.8. The molecule has 1 fully saturated rings. The number of amides is 1. The van der Waals surface area contributed by atoms with Gasteiger partial charge in [0.25, 0.3) is 0 Å². The third kappa shape index (κ3) is 5.47. The largest absolute Gasteiger partial charge is 0.505 e. The van der Waals surface area contributed by atoms with Crippen LogP contribution in [-0.4, -0.2) is 36.1 Å².